The van der Waals surface area contributed by atoms with Crippen molar-refractivity contribution in [2.24, 2.45) is 0 Å². The number of rotatable bonds is 9. The average Bonchev–Trinajstić information content (AvgIpc) is 2.42. The molecule has 0 fully saturated rings. The molecule has 1 aromatic rings. The monoisotopic (exact) mass is 282 g/mol. The van der Waals surface area contributed by atoms with Crippen molar-refractivity contribution in [1.82, 2.24) is 10.6 Å². The van der Waals surface area contributed by atoms with Crippen molar-refractivity contribution in [3.63, 3.8) is 0 Å². The summed E-state index contributed by atoms with van der Waals surface area (Å²) in [5.74, 6) is -0.189. The lowest BCUT2D eigenvalue weighted by Crippen LogP contribution is -2.34. The zero-order valence-corrected chi connectivity index (χ0v) is 12.1. The molecule has 1 atom stereocenters. The molecule has 0 aliphatic rings. The van der Waals surface area contributed by atoms with Gasteiger partial charge in [-0.05, 0) is 25.0 Å². The first-order valence-corrected chi connectivity index (χ1v) is 6.86. The van der Waals surface area contributed by atoms with Crippen molar-refractivity contribution in [2.45, 2.75) is 25.8 Å². The maximum Gasteiger partial charge on any atom is 0.221 e. The molecule has 0 radical (unpaired) electrons. The van der Waals surface area contributed by atoms with E-state index in [1.165, 1.54) is 6.07 Å². The second-order valence-corrected chi connectivity index (χ2v) is 4.74. The first-order valence-electron chi connectivity index (χ1n) is 6.86. The molecule has 0 saturated heterocycles. The minimum absolute atomic E-state index is 0.00681. The number of hydrogen-bond donors (Lipinski definition) is 2. The van der Waals surface area contributed by atoms with E-state index in [2.05, 4.69) is 10.6 Å². The summed E-state index contributed by atoms with van der Waals surface area (Å²) in [7, 11) is 1.60. The maximum atomic E-state index is 13.5. The van der Waals surface area contributed by atoms with Crippen LogP contribution in [0.1, 0.15) is 18.9 Å². The summed E-state index contributed by atoms with van der Waals surface area (Å²) < 4.78 is 18.3. The van der Waals surface area contributed by atoms with Gasteiger partial charge in [0.15, 0.2) is 0 Å². The van der Waals surface area contributed by atoms with Crippen LogP contribution in [0.4, 0.5) is 4.39 Å². The molecule has 0 saturated carbocycles. The van der Waals surface area contributed by atoms with E-state index in [0.717, 1.165) is 0 Å². The van der Waals surface area contributed by atoms with Gasteiger partial charge in [0.05, 0.1) is 6.61 Å². The van der Waals surface area contributed by atoms with Crippen LogP contribution in [0.15, 0.2) is 24.3 Å². The van der Waals surface area contributed by atoms with Gasteiger partial charge in [-0.25, -0.2) is 4.39 Å². The van der Waals surface area contributed by atoms with Crippen LogP contribution in [0.5, 0.6) is 0 Å². The summed E-state index contributed by atoms with van der Waals surface area (Å²) in [6.07, 6.45) is 1.02. The number of carbonyl (C=O) groups is 1. The largest absolute Gasteiger partial charge is 0.383 e. The van der Waals surface area contributed by atoms with Gasteiger partial charge < -0.3 is 15.4 Å². The number of hydrogen-bond acceptors (Lipinski definition) is 3. The van der Waals surface area contributed by atoms with Crippen LogP contribution in [-0.2, 0) is 16.0 Å². The molecule has 0 heterocycles. The van der Waals surface area contributed by atoms with Gasteiger partial charge in [0.1, 0.15) is 5.82 Å². The number of halogens is 1. The Labute approximate surface area is 119 Å². The Balaban J connectivity index is 2.19. The number of nitrogens with one attached hydrogen (secondary N) is 2. The van der Waals surface area contributed by atoms with Gasteiger partial charge in [-0.2, -0.15) is 0 Å². The Morgan fingerprint density at radius 2 is 2.10 bits per heavy atom. The van der Waals surface area contributed by atoms with Crippen molar-refractivity contribution >= 4 is 5.91 Å². The Morgan fingerprint density at radius 1 is 1.35 bits per heavy atom. The molecule has 0 bridgehead atoms. The predicted octanol–water partition coefficient (Wildman–Crippen LogP) is 1.50. The SMILES string of the molecule is COCCNC(=O)CCNC(C)Cc1ccccc1F. The third kappa shape index (κ3) is 6.63. The van der Waals surface area contributed by atoms with Crippen LogP contribution in [0, 0.1) is 5.82 Å². The molecular formula is C15H23FN2O2. The van der Waals surface area contributed by atoms with E-state index in [0.29, 0.717) is 38.1 Å². The summed E-state index contributed by atoms with van der Waals surface area (Å²) in [6, 6.07) is 6.88. The highest BCUT2D eigenvalue weighted by Gasteiger charge is 2.07. The summed E-state index contributed by atoms with van der Waals surface area (Å²) in [5, 5.41) is 5.97. The van der Waals surface area contributed by atoms with E-state index in [1.807, 2.05) is 13.0 Å². The number of benzene rings is 1. The molecule has 2 N–H and O–H groups in total. The summed E-state index contributed by atoms with van der Waals surface area (Å²) >= 11 is 0. The minimum atomic E-state index is -0.182. The fourth-order valence-electron chi connectivity index (χ4n) is 1.88. The summed E-state index contributed by atoms with van der Waals surface area (Å²) in [4.78, 5) is 11.4. The maximum absolute atomic E-state index is 13.5. The normalized spacial score (nSPS) is 12.2. The number of amides is 1. The highest BCUT2D eigenvalue weighted by Crippen LogP contribution is 2.08. The van der Waals surface area contributed by atoms with E-state index in [4.69, 9.17) is 4.74 Å². The zero-order chi connectivity index (χ0) is 14.8. The lowest BCUT2D eigenvalue weighted by molar-refractivity contribution is -0.121. The minimum Gasteiger partial charge on any atom is -0.383 e. The number of carbonyl (C=O) groups excluding carboxylic acids is 1. The van der Waals surface area contributed by atoms with Gasteiger partial charge >= 0.3 is 0 Å². The molecule has 4 nitrogen and oxygen atoms in total. The molecule has 112 valence electrons. The molecule has 1 rings (SSSR count). The van der Waals surface area contributed by atoms with Crippen LogP contribution < -0.4 is 10.6 Å². The predicted molar refractivity (Wildman–Crippen MR) is 77.1 cm³/mol. The third-order valence-corrected chi connectivity index (χ3v) is 2.96. The van der Waals surface area contributed by atoms with Crippen LogP contribution in [0.25, 0.3) is 0 Å². The lowest BCUT2D eigenvalue weighted by Gasteiger charge is -2.14. The van der Waals surface area contributed by atoms with Crippen molar-refractivity contribution in [2.75, 3.05) is 26.8 Å². The molecule has 1 unspecified atom stereocenters. The zero-order valence-electron chi connectivity index (χ0n) is 12.1. The van der Waals surface area contributed by atoms with Crippen molar-refractivity contribution in [1.29, 1.82) is 0 Å². The van der Waals surface area contributed by atoms with Gasteiger partial charge in [0.2, 0.25) is 5.91 Å². The Kier molecular flexibility index (Phi) is 7.84. The van der Waals surface area contributed by atoms with Crippen molar-refractivity contribution < 1.29 is 13.9 Å². The van der Waals surface area contributed by atoms with Crippen molar-refractivity contribution in [3.8, 4) is 0 Å². The second kappa shape index (κ2) is 9.44. The number of methoxy groups -OCH3 is 1. The molecule has 1 aromatic carbocycles. The fourth-order valence-corrected chi connectivity index (χ4v) is 1.88. The van der Waals surface area contributed by atoms with E-state index in [9.17, 15) is 9.18 Å². The number of ether oxygens (including phenoxy) is 1. The first-order chi connectivity index (χ1) is 9.63. The average molecular weight is 282 g/mol. The first kappa shape index (κ1) is 16.6. The molecule has 20 heavy (non-hydrogen) atoms. The molecule has 0 aliphatic carbocycles. The standard InChI is InChI=1S/C15H23FN2O2/c1-12(11-13-5-3-4-6-14(13)16)17-8-7-15(19)18-9-10-20-2/h3-6,12,17H,7-11H2,1-2H3,(H,18,19). The molecule has 5 heteroatoms. The van der Waals surface area contributed by atoms with Crippen LogP contribution >= 0.6 is 0 Å². The Bertz CT molecular complexity index is 413. The highest BCUT2D eigenvalue weighted by atomic mass is 19.1. The van der Waals surface area contributed by atoms with E-state index in [-0.39, 0.29) is 17.8 Å². The van der Waals surface area contributed by atoms with E-state index in [1.54, 1.807) is 19.2 Å². The van der Waals surface area contributed by atoms with Crippen LogP contribution in [0.3, 0.4) is 0 Å². The Morgan fingerprint density at radius 3 is 2.80 bits per heavy atom. The lowest BCUT2D eigenvalue weighted by atomic mass is 10.1. The molecule has 0 aliphatic heterocycles. The van der Waals surface area contributed by atoms with Gasteiger partial charge in [-0.3, -0.25) is 4.79 Å². The van der Waals surface area contributed by atoms with Crippen LogP contribution in [0.2, 0.25) is 0 Å². The molecule has 0 spiro atoms. The van der Waals surface area contributed by atoms with Gasteiger partial charge in [0, 0.05) is 32.7 Å². The van der Waals surface area contributed by atoms with Gasteiger partial charge in [0.25, 0.3) is 0 Å². The topological polar surface area (TPSA) is 50.4 Å². The van der Waals surface area contributed by atoms with E-state index < -0.39 is 0 Å². The van der Waals surface area contributed by atoms with Gasteiger partial charge in [-0.15, -0.1) is 0 Å². The molecule has 1 amide bonds. The van der Waals surface area contributed by atoms with E-state index >= 15 is 0 Å². The fraction of sp³-hybridized carbons (Fsp3) is 0.533. The molecular weight excluding hydrogens is 259 g/mol. The Hall–Kier alpha value is -1.46. The second-order valence-electron chi connectivity index (χ2n) is 4.74. The summed E-state index contributed by atoms with van der Waals surface area (Å²) in [6.45, 7) is 3.60. The van der Waals surface area contributed by atoms with Gasteiger partial charge in [-0.1, -0.05) is 18.2 Å². The highest BCUT2D eigenvalue weighted by molar-refractivity contribution is 5.76. The third-order valence-electron chi connectivity index (χ3n) is 2.96. The van der Waals surface area contributed by atoms with Crippen LogP contribution in [-0.4, -0.2) is 38.8 Å². The summed E-state index contributed by atoms with van der Waals surface area (Å²) in [5.41, 5.74) is 0.692. The molecule has 0 aromatic heterocycles. The quantitative estimate of drug-likeness (QED) is 0.675. The smallest absolute Gasteiger partial charge is 0.221 e. The van der Waals surface area contributed by atoms with Crippen molar-refractivity contribution in [3.05, 3.63) is 35.6 Å².